The number of hydrogen-bond donors (Lipinski definition) is 0. The largest absolute Gasteiger partial charge is 0.490 e. The molecule has 72 valence electrons. The van der Waals surface area contributed by atoms with Crippen molar-refractivity contribution in [2.45, 2.75) is 25.8 Å². The van der Waals surface area contributed by atoms with Crippen LogP contribution >= 0.6 is 0 Å². The summed E-state index contributed by atoms with van der Waals surface area (Å²) in [6.07, 6.45) is 2.17. The molecule has 6 nitrogen and oxygen atoms in total. The SMILES string of the molecule is C[Si](C)(C)Cn1cnc([N+](=O)[O-])n1. The van der Waals surface area contributed by atoms with E-state index in [1.165, 1.54) is 6.33 Å². The Morgan fingerprint density at radius 1 is 1.62 bits per heavy atom. The van der Waals surface area contributed by atoms with Crippen LogP contribution in [0.15, 0.2) is 6.33 Å². The summed E-state index contributed by atoms with van der Waals surface area (Å²) in [5, 5.41) is 14.0. The number of nitro groups is 1. The van der Waals surface area contributed by atoms with E-state index in [4.69, 9.17) is 0 Å². The van der Waals surface area contributed by atoms with Crippen molar-refractivity contribution in [3.8, 4) is 0 Å². The molecule has 0 unspecified atom stereocenters. The molecular weight excluding hydrogens is 188 g/mol. The van der Waals surface area contributed by atoms with E-state index in [2.05, 4.69) is 29.7 Å². The molecule has 7 heteroatoms. The molecule has 0 aliphatic heterocycles. The molecule has 0 atom stereocenters. The van der Waals surface area contributed by atoms with Gasteiger partial charge in [0.1, 0.15) is 0 Å². The second kappa shape index (κ2) is 3.25. The van der Waals surface area contributed by atoms with Gasteiger partial charge in [-0.05, 0) is 4.92 Å². The topological polar surface area (TPSA) is 73.8 Å². The molecule has 0 amide bonds. The van der Waals surface area contributed by atoms with E-state index in [1.54, 1.807) is 4.68 Å². The first-order valence-corrected chi connectivity index (χ1v) is 7.63. The Balaban J connectivity index is 2.75. The summed E-state index contributed by atoms with van der Waals surface area (Å²) in [7, 11) is -1.28. The molecule has 1 rings (SSSR count). The molecule has 0 radical (unpaired) electrons. The Kier molecular flexibility index (Phi) is 2.46. The van der Waals surface area contributed by atoms with Gasteiger partial charge in [0.15, 0.2) is 0 Å². The molecule has 0 spiro atoms. The maximum absolute atomic E-state index is 10.3. The molecule has 13 heavy (non-hydrogen) atoms. The van der Waals surface area contributed by atoms with Gasteiger partial charge in [0.2, 0.25) is 6.33 Å². The lowest BCUT2D eigenvalue weighted by Gasteiger charge is -2.12. The molecule has 0 saturated carbocycles. The summed E-state index contributed by atoms with van der Waals surface area (Å²) in [5.74, 6) is -0.321. The monoisotopic (exact) mass is 200 g/mol. The number of aromatic nitrogens is 3. The van der Waals surface area contributed by atoms with Crippen molar-refractivity contribution in [1.82, 2.24) is 14.8 Å². The lowest BCUT2D eigenvalue weighted by atomic mass is 11.1. The first-order valence-electron chi connectivity index (χ1n) is 3.92. The van der Waals surface area contributed by atoms with Gasteiger partial charge in [0.05, 0.1) is 14.2 Å². The zero-order valence-electron chi connectivity index (χ0n) is 7.89. The van der Waals surface area contributed by atoms with Crippen LogP contribution in [-0.4, -0.2) is 27.8 Å². The van der Waals surface area contributed by atoms with Crippen molar-refractivity contribution >= 4 is 14.0 Å². The predicted molar refractivity (Wildman–Crippen MR) is 50.0 cm³/mol. The van der Waals surface area contributed by atoms with E-state index < -0.39 is 13.0 Å². The molecule has 0 N–H and O–H groups in total. The second-order valence-corrected chi connectivity index (χ2v) is 9.50. The van der Waals surface area contributed by atoms with E-state index in [9.17, 15) is 10.1 Å². The third-order valence-electron chi connectivity index (χ3n) is 1.32. The van der Waals surface area contributed by atoms with Gasteiger partial charge in [-0.1, -0.05) is 24.6 Å². The molecular formula is C6H12N4O2Si. The van der Waals surface area contributed by atoms with Gasteiger partial charge in [-0.2, -0.15) is 4.68 Å². The highest BCUT2D eigenvalue weighted by atomic mass is 28.3. The van der Waals surface area contributed by atoms with Crippen molar-refractivity contribution in [2.24, 2.45) is 0 Å². The van der Waals surface area contributed by atoms with E-state index in [0.717, 1.165) is 6.17 Å². The van der Waals surface area contributed by atoms with Crippen LogP contribution in [0.3, 0.4) is 0 Å². The van der Waals surface area contributed by atoms with Crippen LogP contribution in [0.2, 0.25) is 19.6 Å². The third-order valence-corrected chi connectivity index (χ3v) is 2.60. The van der Waals surface area contributed by atoms with Gasteiger partial charge in [-0.25, -0.2) is 0 Å². The molecule has 0 aromatic carbocycles. The van der Waals surface area contributed by atoms with E-state index in [0.29, 0.717) is 0 Å². The van der Waals surface area contributed by atoms with E-state index in [1.807, 2.05) is 0 Å². The molecule has 0 aliphatic carbocycles. The number of hydrogen-bond acceptors (Lipinski definition) is 4. The molecule has 0 bridgehead atoms. The second-order valence-electron chi connectivity index (χ2n) is 4.06. The summed E-state index contributed by atoms with van der Waals surface area (Å²) in [4.78, 5) is 13.3. The minimum atomic E-state index is -1.28. The first kappa shape index (κ1) is 9.84. The zero-order valence-corrected chi connectivity index (χ0v) is 8.89. The van der Waals surface area contributed by atoms with Gasteiger partial charge < -0.3 is 10.1 Å². The minimum Gasteiger partial charge on any atom is -0.390 e. The highest BCUT2D eigenvalue weighted by Crippen LogP contribution is 2.06. The lowest BCUT2D eigenvalue weighted by Crippen LogP contribution is -2.28. The minimum absolute atomic E-state index is 0.321. The fraction of sp³-hybridized carbons (Fsp3) is 0.667. The van der Waals surface area contributed by atoms with Crippen LogP contribution in [-0.2, 0) is 6.17 Å². The van der Waals surface area contributed by atoms with Crippen LogP contribution in [0.25, 0.3) is 0 Å². The summed E-state index contributed by atoms with van der Waals surface area (Å²) < 4.78 is 1.55. The van der Waals surface area contributed by atoms with Crippen molar-refractivity contribution < 1.29 is 4.92 Å². The van der Waals surface area contributed by atoms with Crippen molar-refractivity contribution in [3.63, 3.8) is 0 Å². The highest BCUT2D eigenvalue weighted by Gasteiger charge is 2.19. The van der Waals surface area contributed by atoms with Crippen molar-refractivity contribution in [3.05, 3.63) is 16.4 Å². The molecule has 0 saturated heterocycles. The van der Waals surface area contributed by atoms with Gasteiger partial charge in [0, 0.05) is 5.10 Å². The Morgan fingerprint density at radius 2 is 2.23 bits per heavy atom. The zero-order chi connectivity index (χ0) is 10.1. The third kappa shape index (κ3) is 2.94. The number of rotatable bonds is 3. The quantitative estimate of drug-likeness (QED) is 0.415. The van der Waals surface area contributed by atoms with Gasteiger partial charge in [-0.15, -0.1) is 0 Å². The standard InChI is InChI=1S/C6H12N4O2Si/c1-13(2,3)5-9-4-7-6(8-9)10(11)12/h4H,5H2,1-3H3. The predicted octanol–water partition coefficient (Wildman–Crippen LogP) is 1.06. The smallest absolute Gasteiger partial charge is 0.390 e. The summed E-state index contributed by atoms with van der Waals surface area (Å²) in [6, 6.07) is 0. The van der Waals surface area contributed by atoms with Crippen molar-refractivity contribution in [2.75, 3.05) is 0 Å². The average molecular weight is 200 g/mol. The average Bonchev–Trinajstić information content (AvgIpc) is 2.31. The fourth-order valence-corrected chi connectivity index (χ4v) is 2.05. The lowest BCUT2D eigenvalue weighted by molar-refractivity contribution is -0.394. The van der Waals surface area contributed by atoms with Crippen LogP contribution in [0.4, 0.5) is 5.95 Å². The van der Waals surface area contributed by atoms with Crippen LogP contribution < -0.4 is 0 Å². The van der Waals surface area contributed by atoms with Gasteiger partial charge in [-0.3, -0.25) is 0 Å². The van der Waals surface area contributed by atoms with Crippen molar-refractivity contribution in [1.29, 1.82) is 0 Å². The number of nitrogens with zero attached hydrogens (tertiary/aromatic N) is 4. The summed E-state index contributed by atoms with van der Waals surface area (Å²) in [5.41, 5.74) is 0. The Bertz CT molecular complexity index is 317. The van der Waals surface area contributed by atoms with Gasteiger partial charge >= 0.3 is 5.95 Å². The summed E-state index contributed by atoms with van der Waals surface area (Å²) >= 11 is 0. The highest BCUT2D eigenvalue weighted by molar-refractivity contribution is 6.74. The maximum Gasteiger partial charge on any atom is 0.490 e. The summed E-state index contributed by atoms with van der Waals surface area (Å²) in [6.45, 7) is 6.50. The first-order chi connectivity index (χ1) is 5.88. The maximum atomic E-state index is 10.3. The fourth-order valence-electron chi connectivity index (χ4n) is 0.931. The van der Waals surface area contributed by atoms with Crippen LogP contribution in [0.5, 0.6) is 0 Å². The Labute approximate surface area is 76.8 Å². The normalized spacial score (nSPS) is 11.6. The van der Waals surface area contributed by atoms with Crippen LogP contribution in [0, 0.1) is 10.1 Å². The Hall–Kier alpha value is -1.24. The van der Waals surface area contributed by atoms with Crippen LogP contribution in [0.1, 0.15) is 0 Å². The van der Waals surface area contributed by atoms with Gasteiger partial charge in [0.25, 0.3) is 0 Å². The molecule has 1 aromatic heterocycles. The van der Waals surface area contributed by atoms with E-state index in [-0.39, 0.29) is 5.95 Å². The molecule has 0 aliphatic rings. The Morgan fingerprint density at radius 3 is 2.62 bits per heavy atom. The molecule has 1 heterocycles. The molecule has 0 fully saturated rings. The van der Waals surface area contributed by atoms with E-state index >= 15 is 0 Å². The molecule has 1 aromatic rings.